The van der Waals surface area contributed by atoms with E-state index in [1.807, 2.05) is 0 Å². The van der Waals surface area contributed by atoms with Crippen LogP contribution in [0.25, 0.3) is 0 Å². The third kappa shape index (κ3) is 18.0. The van der Waals surface area contributed by atoms with Gasteiger partial charge in [-0.25, -0.2) is 4.68 Å². The summed E-state index contributed by atoms with van der Waals surface area (Å²) in [6, 6.07) is -0.799. The Bertz CT molecular complexity index is 863. The van der Waals surface area contributed by atoms with Gasteiger partial charge < -0.3 is 36.2 Å². The lowest BCUT2D eigenvalue weighted by atomic mass is 10.0. The number of aliphatic hydroxyl groups is 5. The molecule has 7 N–H and O–H groups in total. The van der Waals surface area contributed by atoms with Gasteiger partial charge in [-0.3, -0.25) is 9.59 Å². The molecule has 13 heteroatoms. The summed E-state index contributed by atoms with van der Waals surface area (Å²) in [6.45, 7) is 4.84. The quantitative estimate of drug-likeness (QED) is 0.0712. The number of nitrogens with one attached hydrogen (secondary N) is 2. The molecule has 2 radical (unpaired) electrons. The lowest BCUT2D eigenvalue weighted by Gasteiger charge is -2.25. The lowest BCUT2D eigenvalue weighted by molar-refractivity contribution is -0.126. The first-order valence-electron chi connectivity index (χ1n) is 15.8. The van der Waals surface area contributed by atoms with Crippen molar-refractivity contribution < 1.29 is 35.1 Å². The van der Waals surface area contributed by atoms with Crippen molar-refractivity contribution in [3.05, 3.63) is 19.5 Å². The molecule has 2 amide bonds. The van der Waals surface area contributed by atoms with E-state index in [0.717, 1.165) is 23.9 Å². The molecule has 1 heterocycles. The van der Waals surface area contributed by atoms with Crippen molar-refractivity contribution >= 4 is 29.4 Å². The fourth-order valence-corrected chi connectivity index (χ4v) is 5.32. The molecule has 5 atom stereocenters. The van der Waals surface area contributed by atoms with Crippen molar-refractivity contribution in [1.29, 1.82) is 0 Å². The van der Waals surface area contributed by atoms with E-state index < -0.39 is 43.0 Å². The summed E-state index contributed by atoms with van der Waals surface area (Å²) in [5.41, 5.74) is 0. The number of hydrogen-bond acceptors (Lipinski definition) is 10. The highest BCUT2D eigenvalue weighted by atomic mass is 32.2. The van der Waals surface area contributed by atoms with Crippen LogP contribution < -0.4 is 10.6 Å². The van der Waals surface area contributed by atoms with Crippen LogP contribution in [0.15, 0.2) is 6.20 Å². The normalized spacial score (nSPS) is 15.0. The number of carbonyl (C=O) groups excluding carboxylic acids is 2. The predicted octanol–water partition coefficient (Wildman–Crippen LogP) is 2.39. The van der Waals surface area contributed by atoms with Crippen molar-refractivity contribution in [2.75, 3.05) is 23.4 Å². The number of amides is 2. The van der Waals surface area contributed by atoms with Gasteiger partial charge in [-0.2, -0.15) is 11.8 Å². The Hall–Kier alpha value is -1.77. The molecular weight excluding hydrogens is 574 g/mol. The van der Waals surface area contributed by atoms with E-state index in [-0.39, 0.29) is 18.3 Å². The second-order valence-electron chi connectivity index (χ2n) is 11.1. The highest BCUT2D eigenvalue weighted by Gasteiger charge is 2.30. The van der Waals surface area contributed by atoms with Gasteiger partial charge in [-0.15, -0.1) is 5.10 Å². The Kier molecular flexibility index (Phi) is 22.4. The highest BCUT2D eigenvalue weighted by Crippen LogP contribution is 2.14. The molecule has 0 spiro atoms. The number of unbranched alkanes of at least 4 members (excludes halogenated alkanes) is 12. The summed E-state index contributed by atoms with van der Waals surface area (Å²) in [4.78, 5) is 25.6. The molecule has 1 aromatic heterocycles. The van der Waals surface area contributed by atoms with Crippen molar-refractivity contribution in [1.82, 2.24) is 20.3 Å². The van der Waals surface area contributed by atoms with Crippen LogP contribution in [0, 0.1) is 13.3 Å². The van der Waals surface area contributed by atoms with Gasteiger partial charge in [0, 0.05) is 12.2 Å². The first-order valence-corrected chi connectivity index (χ1v) is 16.9. The standard InChI is InChI=1S/C30H55N5O7S/c1-3-5-6-7-8-9-10-11-12-13-14-15-16-17-27(39)31-23(22-43-18-4-2)30(42)32-26-20-35(34-33-26)19-24(37)28(40)29(41)25(38)21-36/h4,20,23-25,28-29,36-38,40-41H,2-3,5-19,21-22H2,1H3,(H,31,39)(H,32,42)/t23-,24+,25-,28+,29-/m1/s1. The first-order chi connectivity index (χ1) is 20.7. The summed E-state index contributed by atoms with van der Waals surface area (Å²) in [5.74, 6) is 0.376. The number of rotatable bonds is 27. The van der Waals surface area contributed by atoms with Crippen LogP contribution in [0.2, 0.25) is 0 Å². The molecule has 0 unspecified atom stereocenters. The molecule has 12 nitrogen and oxygen atoms in total. The van der Waals surface area contributed by atoms with Gasteiger partial charge in [0.15, 0.2) is 5.82 Å². The Morgan fingerprint density at radius 2 is 1.49 bits per heavy atom. The average Bonchev–Trinajstić information content (AvgIpc) is 3.43. The summed E-state index contributed by atoms with van der Waals surface area (Å²) in [7, 11) is 0. The molecule has 1 rings (SSSR count). The van der Waals surface area contributed by atoms with E-state index in [9.17, 15) is 30.0 Å². The Labute approximate surface area is 261 Å². The smallest absolute Gasteiger partial charge is 0.249 e. The first kappa shape index (κ1) is 39.3. The van der Waals surface area contributed by atoms with Gasteiger partial charge in [-0.1, -0.05) is 89.2 Å². The minimum absolute atomic E-state index is 0.0760. The predicted molar refractivity (Wildman–Crippen MR) is 169 cm³/mol. The number of aliphatic hydroxyl groups excluding tert-OH is 5. The summed E-state index contributed by atoms with van der Waals surface area (Å²) < 4.78 is 1.15. The van der Waals surface area contributed by atoms with Gasteiger partial charge in [0.1, 0.15) is 30.5 Å². The zero-order valence-electron chi connectivity index (χ0n) is 25.8. The third-order valence-electron chi connectivity index (χ3n) is 7.17. The van der Waals surface area contributed by atoms with Gasteiger partial charge in [0.2, 0.25) is 11.8 Å². The SMILES string of the molecule is [CH2][CH]CSC[C@@H](NC(=O)CCCCCCCCCCCCCCC)C(=O)Nc1cn(C[C@H](O)[C@H](O)[C@H](O)[C@H](O)CO)nn1. The van der Waals surface area contributed by atoms with Crippen LogP contribution in [0.5, 0.6) is 0 Å². The second kappa shape index (κ2) is 24.5. The van der Waals surface area contributed by atoms with Crippen molar-refractivity contribution in [2.45, 2.75) is 134 Å². The zero-order chi connectivity index (χ0) is 31.9. The summed E-state index contributed by atoms with van der Waals surface area (Å²) >= 11 is 1.46. The van der Waals surface area contributed by atoms with Crippen LogP contribution in [-0.4, -0.2) is 101 Å². The number of aromatic nitrogens is 3. The van der Waals surface area contributed by atoms with Crippen LogP contribution in [0.1, 0.15) is 96.8 Å². The van der Waals surface area contributed by atoms with Crippen molar-refractivity contribution in [3.63, 3.8) is 0 Å². The maximum atomic E-state index is 13.0. The van der Waals surface area contributed by atoms with Crippen LogP contribution in [0.4, 0.5) is 5.82 Å². The molecular formula is C30H55N5O7S. The van der Waals surface area contributed by atoms with E-state index in [1.165, 1.54) is 82.2 Å². The maximum absolute atomic E-state index is 13.0. The number of carbonyl (C=O) groups is 2. The molecule has 0 aromatic carbocycles. The van der Waals surface area contributed by atoms with Gasteiger partial charge in [0.25, 0.3) is 0 Å². The minimum Gasteiger partial charge on any atom is -0.394 e. The van der Waals surface area contributed by atoms with Gasteiger partial charge >= 0.3 is 0 Å². The monoisotopic (exact) mass is 629 g/mol. The molecule has 43 heavy (non-hydrogen) atoms. The van der Waals surface area contributed by atoms with E-state index >= 15 is 0 Å². The highest BCUT2D eigenvalue weighted by molar-refractivity contribution is 7.99. The van der Waals surface area contributed by atoms with Crippen molar-refractivity contribution in [3.8, 4) is 0 Å². The van der Waals surface area contributed by atoms with Gasteiger partial charge in [-0.05, 0) is 25.5 Å². The topological polar surface area (TPSA) is 190 Å². The maximum Gasteiger partial charge on any atom is 0.249 e. The summed E-state index contributed by atoms with van der Waals surface area (Å²) in [5, 5.41) is 61.3. The van der Waals surface area contributed by atoms with Crippen LogP contribution in [-0.2, 0) is 16.1 Å². The largest absolute Gasteiger partial charge is 0.394 e. The molecule has 0 aliphatic heterocycles. The Balaban J connectivity index is 2.41. The van der Waals surface area contributed by atoms with E-state index in [0.29, 0.717) is 17.9 Å². The fraction of sp³-hybridized carbons (Fsp3) is 0.800. The minimum atomic E-state index is -1.76. The number of anilines is 1. The van der Waals surface area contributed by atoms with Crippen molar-refractivity contribution in [2.24, 2.45) is 0 Å². The number of hydrogen-bond donors (Lipinski definition) is 7. The molecule has 0 saturated carbocycles. The third-order valence-corrected chi connectivity index (χ3v) is 8.21. The van der Waals surface area contributed by atoms with Crippen LogP contribution >= 0.6 is 11.8 Å². The van der Waals surface area contributed by atoms with E-state index in [1.54, 1.807) is 6.42 Å². The molecule has 0 bridgehead atoms. The fourth-order valence-electron chi connectivity index (χ4n) is 4.54. The average molecular weight is 630 g/mol. The number of thioether (sulfide) groups is 1. The molecule has 0 saturated heterocycles. The molecule has 0 fully saturated rings. The molecule has 0 aliphatic carbocycles. The number of nitrogens with zero attached hydrogens (tertiary/aromatic N) is 3. The van der Waals surface area contributed by atoms with Crippen LogP contribution in [0.3, 0.4) is 0 Å². The van der Waals surface area contributed by atoms with E-state index in [2.05, 4.69) is 34.8 Å². The van der Waals surface area contributed by atoms with E-state index in [4.69, 9.17) is 5.11 Å². The Morgan fingerprint density at radius 3 is 2.05 bits per heavy atom. The lowest BCUT2D eigenvalue weighted by Crippen LogP contribution is -2.47. The molecule has 1 aromatic rings. The summed E-state index contributed by atoms with van der Waals surface area (Å²) in [6.07, 6.45) is 12.6. The Morgan fingerprint density at radius 1 is 0.930 bits per heavy atom. The second-order valence-corrected chi connectivity index (χ2v) is 12.1. The zero-order valence-corrected chi connectivity index (χ0v) is 26.6. The molecule has 248 valence electrons. The molecule has 0 aliphatic rings. The van der Waals surface area contributed by atoms with Gasteiger partial charge in [0.05, 0.1) is 19.3 Å².